The molecule has 0 spiro atoms. The van der Waals surface area contributed by atoms with E-state index in [1.807, 2.05) is 18.2 Å². The maximum Gasteiger partial charge on any atom is 0.319 e. The first-order chi connectivity index (χ1) is 10.7. The highest BCUT2D eigenvalue weighted by atomic mass is 16.3. The van der Waals surface area contributed by atoms with Crippen LogP contribution in [0.25, 0.3) is 0 Å². The van der Waals surface area contributed by atoms with Crippen molar-refractivity contribution >= 4 is 17.4 Å². The number of anilines is 2. The molecule has 2 aliphatic rings. The number of rotatable bonds is 5. The van der Waals surface area contributed by atoms with Crippen molar-refractivity contribution < 1.29 is 9.90 Å². The number of hydrogen-bond acceptors (Lipinski definition) is 3. The van der Waals surface area contributed by atoms with E-state index in [1.54, 1.807) is 0 Å². The molecule has 2 fully saturated rings. The third kappa shape index (κ3) is 3.53. The smallest absolute Gasteiger partial charge is 0.319 e. The van der Waals surface area contributed by atoms with E-state index >= 15 is 0 Å². The van der Waals surface area contributed by atoms with Crippen molar-refractivity contribution in [3.8, 4) is 0 Å². The lowest BCUT2D eigenvalue weighted by Gasteiger charge is -2.30. The summed E-state index contributed by atoms with van der Waals surface area (Å²) >= 11 is 0. The second kappa shape index (κ2) is 6.57. The molecule has 0 unspecified atom stereocenters. The summed E-state index contributed by atoms with van der Waals surface area (Å²) in [5.41, 5.74) is 1.89. The number of urea groups is 1. The van der Waals surface area contributed by atoms with E-state index in [9.17, 15) is 9.90 Å². The number of aliphatic hydroxyl groups excluding tert-OH is 1. The molecule has 120 valence electrons. The molecule has 1 aromatic rings. The van der Waals surface area contributed by atoms with Crippen LogP contribution in [0.2, 0.25) is 0 Å². The molecule has 1 saturated carbocycles. The van der Waals surface area contributed by atoms with Gasteiger partial charge in [0.15, 0.2) is 0 Å². The normalized spacial score (nSPS) is 19.6. The molecule has 3 N–H and O–H groups in total. The van der Waals surface area contributed by atoms with Crippen molar-refractivity contribution in [3.63, 3.8) is 0 Å². The fourth-order valence-electron chi connectivity index (χ4n) is 2.99. The monoisotopic (exact) mass is 303 g/mol. The molecule has 1 aromatic carbocycles. The number of benzene rings is 1. The van der Waals surface area contributed by atoms with Gasteiger partial charge in [0.2, 0.25) is 0 Å². The summed E-state index contributed by atoms with van der Waals surface area (Å²) in [5, 5.41) is 15.1. The van der Waals surface area contributed by atoms with Crippen LogP contribution >= 0.6 is 0 Å². The lowest BCUT2D eigenvalue weighted by molar-refractivity contribution is 0.206. The zero-order valence-corrected chi connectivity index (χ0v) is 13.0. The van der Waals surface area contributed by atoms with Crippen LogP contribution in [-0.2, 0) is 0 Å². The van der Waals surface area contributed by atoms with Crippen LogP contribution in [0.1, 0.15) is 32.1 Å². The van der Waals surface area contributed by atoms with Crippen molar-refractivity contribution in [1.82, 2.24) is 5.32 Å². The highest BCUT2D eigenvalue weighted by molar-refractivity contribution is 5.93. The number of carbonyl (C=O) groups excluding carboxylic acids is 1. The molecule has 0 bridgehead atoms. The van der Waals surface area contributed by atoms with Gasteiger partial charge < -0.3 is 20.6 Å². The van der Waals surface area contributed by atoms with Crippen LogP contribution in [0.3, 0.4) is 0 Å². The molecular formula is C17H25N3O2. The largest absolute Gasteiger partial charge is 0.396 e. The Morgan fingerprint density at radius 1 is 1.18 bits per heavy atom. The number of piperidine rings is 1. The fourth-order valence-corrected chi connectivity index (χ4v) is 2.99. The first-order valence-corrected chi connectivity index (χ1v) is 8.22. The van der Waals surface area contributed by atoms with Gasteiger partial charge in [-0.2, -0.15) is 0 Å². The summed E-state index contributed by atoms with van der Waals surface area (Å²) in [4.78, 5) is 14.5. The molecular weight excluding hydrogens is 278 g/mol. The van der Waals surface area contributed by atoms with E-state index in [4.69, 9.17) is 0 Å². The number of amides is 2. The van der Waals surface area contributed by atoms with Crippen LogP contribution in [0.5, 0.6) is 0 Å². The lowest BCUT2D eigenvalue weighted by atomic mass is 10.1. The van der Waals surface area contributed by atoms with Crippen molar-refractivity contribution in [1.29, 1.82) is 0 Å². The number of nitrogens with zero attached hydrogens (tertiary/aromatic N) is 1. The van der Waals surface area contributed by atoms with E-state index in [0.29, 0.717) is 6.54 Å². The molecule has 1 aliphatic heterocycles. The van der Waals surface area contributed by atoms with E-state index in [0.717, 1.165) is 37.3 Å². The molecule has 3 rings (SSSR count). The molecule has 1 heterocycles. The standard InChI is InChI=1S/C17H25N3O2/c21-13-17(8-9-17)12-18-16(22)19-14-6-2-3-7-15(14)20-10-4-1-5-11-20/h2-3,6-7,21H,1,4-5,8-13H2,(H2,18,19,22). The topological polar surface area (TPSA) is 64.6 Å². The van der Waals surface area contributed by atoms with Crippen LogP contribution in [-0.4, -0.2) is 37.4 Å². The predicted octanol–water partition coefficient (Wildman–Crippen LogP) is 2.57. The van der Waals surface area contributed by atoms with Gasteiger partial charge in [-0.1, -0.05) is 12.1 Å². The number of hydrogen-bond donors (Lipinski definition) is 3. The minimum Gasteiger partial charge on any atom is -0.396 e. The number of carbonyl (C=O) groups is 1. The zero-order valence-electron chi connectivity index (χ0n) is 13.0. The average Bonchev–Trinajstić information content (AvgIpc) is 3.35. The molecule has 0 aromatic heterocycles. The molecule has 1 aliphatic carbocycles. The van der Waals surface area contributed by atoms with E-state index in [2.05, 4.69) is 21.6 Å². The Morgan fingerprint density at radius 3 is 2.59 bits per heavy atom. The molecule has 1 saturated heterocycles. The van der Waals surface area contributed by atoms with Gasteiger partial charge in [-0.3, -0.25) is 0 Å². The molecule has 0 atom stereocenters. The summed E-state index contributed by atoms with van der Waals surface area (Å²) in [7, 11) is 0. The third-order valence-corrected chi connectivity index (χ3v) is 4.77. The second-order valence-corrected chi connectivity index (χ2v) is 6.53. The van der Waals surface area contributed by atoms with Gasteiger partial charge in [0, 0.05) is 25.0 Å². The fraction of sp³-hybridized carbons (Fsp3) is 0.588. The van der Waals surface area contributed by atoms with Gasteiger partial charge in [0.25, 0.3) is 0 Å². The Hall–Kier alpha value is -1.75. The molecule has 5 heteroatoms. The summed E-state index contributed by atoms with van der Waals surface area (Å²) < 4.78 is 0. The number of aliphatic hydroxyl groups is 1. The minimum absolute atomic E-state index is 0.0657. The summed E-state index contributed by atoms with van der Waals surface area (Å²) in [6.07, 6.45) is 5.69. The Balaban J connectivity index is 1.60. The average molecular weight is 303 g/mol. The van der Waals surface area contributed by atoms with Crippen molar-refractivity contribution in [2.24, 2.45) is 5.41 Å². The lowest BCUT2D eigenvalue weighted by Crippen LogP contribution is -2.36. The van der Waals surface area contributed by atoms with Crippen LogP contribution < -0.4 is 15.5 Å². The molecule has 2 amide bonds. The Bertz CT molecular complexity index is 522. The van der Waals surface area contributed by atoms with Gasteiger partial charge in [-0.25, -0.2) is 4.79 Å². The first-order valence-electron chi connectivity index (χ1n) is 8.22. The maximum absolute atomic E-state index is 12.1. The second-order valence-electron chi connectivity index (χ2n) is 6.53. The third-order valence-electron chi connectivity index (χ3n) is 4.77. The SMILES string of the molecule is O=C(NCC1(CO)CC1)Nc1ccccc1N1CCCCC1. The molecule has 22 heavy (non-hydrogen) atoms. The van der Waals surface area contributed by atoms with Crippen LogP contribution in [0, 0.1) is 5.41 Å². The van der Waals surface area contributed by atoms with Gasteiger partial charge in [0.1, 0.15) is 0 Å². The molecule has 0 radical (unpaired) electrons. The van der Waals surface area contributed by atoms with Crippen molar-refractivity contribution in [2.75, 3.05) is 36.5 Å². The highest BCUT2D eigenvalue weighted by Gasteiger charge is 2.42. The Labute approximate surface area is 131 Å². The van der Waals surface area contributed by atoms with Crippen LogP contribution in [0.15, 0.2) is 24.3 Å². The van der Waals surface area contributed by atoms with Gasteiger partial charge >= 0.3 is 6.03 Å². The Morgan fingerprint density at radius 2 is 1.91 bits per heavy atom. The predicted molar refractivity (Wildman–Crippen MR) is 88.3 cm³/mol. The van der Waals surface area contributed by atoms with Crippen molar-refractivity contribution in [2.45, 2.75) is 32.1 Å². The summed E-state index contributed by atoms with van der Waals surface area (Å²) in [6, 6.07) is 7.78. The van der Waals surface area contributed by atoms with Gasteiger partial charge in [-0.05, 0) is 44.2 Å². The quantitative estimate of drug-likeness (QED) is 0.783. The maximum atomic E-state index is 12.1. The molecule has 5 nitrogen and oxygen atoms in total. The van der Waals surface area contributed by atoms with Crippen molar-refractivity contribution in [3.05, 3.63) is 24.3 Å². The van der Waals surface area contributed by atoms with E-state index in [-0.39, 0.29) is 18.1 Å². The Kier molecular flexibility index (Phi) is 4.52. The summed E-state index contributed by atoms with van der Waals surface area (Å²) in [6.45, 7) is 2.79. The highest BCUT2D eigenvalue weighted by Crippen LogP contribution is 2.44. The zero-order chi connectivity index (χ0) is 15.4. The first kappa shape index (κ1) is 15.2. The minimum atomic E-state index is -0.191. The number of para-hydroxylation sites is 2. The van der Waals surface area contributed by atoms with E-state index in [1.165, 1.54) is 19.3 Å². The van der Waals surface area contributed by atoms with Gasteiger partial charge in [0.05, 0.1) is 18.0 Å². The number of nitrogens with one attached hydrogen (secondary N) is 2. The van der Waals surface area contributed by atoms with Gasteiger partial charge in [-0.15, -0.1) is 0 Å². The van der Waals surface area contributed by atoms with Crippen LogP contribution in [0.4, 0.5) is 16.2 Å². The summed E-state index contributed by atoms with van der Waals surface area (Å²) in [5.74, 6) is 0. The van der Waals surface area contributed by atoms with E-state index < -0.39 is 0 Å².